The Balaban J connectivity index is 1.69. The molecule has 1 saturated heterocycles. The molecule has 0 saturated carbocycles. The van der Waals surface area contributed by atoms with E-state index < -0.39 is 0 Å². The summed E-state index contributed by atoms with van der Waals surface area (Å²) in [6.07, 6.45) is 4.97. The van der Waals surface area contributed by atoms with Crippen LogP contribution in [0.15, 0.2) is 28.7 Å². The zero-order valence-electron chi connectivity index (χ0n) is 14.3. The highest BCUT2D eigenvalue weighted by molar-refractivity contribution is 9.10. The van der Waals surface area contributed by atoms with Crippen molar-refractivity contribution in [2.45, 2.75) is 38.6 Å². The van der Waals surface area contributed by atoms with Crippen LogP contribution in [-0.4, -0.2) is 48.4 Å². The molecule has 0 radical (unpaired) electrons. The van der Waals surface area contributed by atoms with E-state index in [-0.39, 0.29) is 11.9 Å². The second kappa shape index (κ2) is 9.67. The first-order chi connectivity index (χ1) is 11.6. The molecule has 1 heterocycles. The number of carbonyl (C=O) groups excluding carboxylic acids is 2. The molecule has 2 rings (SSSR count). The summed E-state index contributed by atoms with van der Waals surface area (Å²) >= 11 is 3.40. The Morgan fingerprint density at radius 1 is 1.12 bits per heavy atom. The number of rotatable bonds is 5. The van der Waals surface area contributed by atoms with Crippen LogP contribution < -0.4 is 5.32 Å². The first kappa shape index (κ1) is 18.8. The predicted octanol–water partition coefficient (Wildman–Crippen LogP) is 3.38. The molecule has 0 atom stereocenters. The van der Waals surface area contributed by atoms with Crippen LogP contribution in [0.1, 0.15) is 37.7 Å². The summed E-state index contributed by atoms with van der Waals surface area (Å²) in [5.74, 6) is 0.146. The smallest absolute Gasteiger partial charge is 0.317 e. The number of likely N-dealkylation sites (tertiary alicyclic amines) is 1. The molecule has 0 aromatic heterocycles. The molecule has 0 bridgehead atoms. The lowest BCUT2D eigenvalue weighted by Gasteiger charge is -2.21. The van der Waals surface area contributed by atoms with Crippen molar-refractivity contribution in [3.8, 4) is 0 Å². The third kappa shape index (κ3) is 6.15. The summed E-state index contributed by atoms with van der Waals surface area (Å²) in [4.78, 5) is 27.8. The van der Waals surface area contributed by atoms with Crippen LogP contribution in [0.5, 0.6) is 0 Å². The minimum atomic E-state index is -0.151. The van der Waals surface area contributed by atoms with Gasteiger partial charge >= 0.3 is 6.03 Å². The third-order valence-corrected chi connectivity index (χ3v) is 4.78. The summed E-state index contributed by atoms with van der Waals surface area (Å²) in [5.41, 5.74) is 1.07. The van der Waals surface area contributed by atoms with Gasteiger partial charge in [-0.2, -0.15) is 0 Å². The molecule has 3 amide bonds. The Kier molecular flexibility index (Phi) is 7.56. The maximum absolute atomic E-state index is 12.2. The molecule has 0 aliphatic carbocycles. The van der Waals surface area contributed by atoms with Gasteiger partial charge in [0.25, 0.3) is 0 Å². The van der Waals surface area contributed by atoms with Gasteiger partial charge in [0.2, 0.25) is 5.91 Å². The molecule has 24 heavy (non-hydrogen) atoms. The van der Waals surface area contributed by atoms with Crippen molar-refractivity contribution in [1.29, 1.82) is 0 Å². The van der Waals surface area contributed by atoms with Gasteiger partial charge in [-0.3, -0.25) is 4.79 Å². The average molecular weight is 396 g/mol. The number of urea groups is 1. The Hall–Kier alpha value is -1.56. The molecule has 1 N–H and O–H groups in total. The van der Waals surface area contributed by atoms with E-state index in [1.54, 1.807) is 11.9 Å². The van der Waals surface area contributed by atoms with Gasteiger partial charge < -0.3 is 15.1 Å². The molecule has 6 heteroatoms. The topological polar surface area (TPSA) is 52.7 Å². The van der Waals surface area contributed by atoms with Gasteiger partial charge in [-0.25, -0.2) is 4.79 Å². The summed E-state index contributed by atoms with van der Waals surface area (Å²) < 4.78 is 1.02. The van der Waals surface area contributed by atoms with E-state index >= 15 is 0 Å². The van der Waals surface area contributed by atoms with Crippen LogP contribution >= 0.6 is 15.9 Å². The number of hydrogen-bond donors (Lipinski definition) is 1. The fraction of sp³-hybridized carbons (Fsp3) is 0.556. The van der Waals surface area contributed by atoms with E-state index in [1.165, 1.54) is 12.8 Å². The monoisotopic (exact) mass is 395 g/mol. The Morgan fingerprint density at radius 2 is 1.75 bits per heavy atom. The van der Waals surface area contributed by atoms with Crippen LogP contribution in [0, 0.1) is 0 Å². The normalized spacial score (nSPS) is 14.8. The second-order valence-corrected chi connectivity index (χ2v) is 7.18. The van der Waals surface area contributed by atoms with Crippen molar-refractivity contribution in [3.63, 3.8) is 0 Å². The quantitative estimate of drug-likeness (QED) is 0.830. The number of benzene rings is 1. The molecule has 5 nitrogen and oxygen atoms in total. The zero-order chi connectivity index (χ0) is 17.4. The molecule has 1 aromatic rings. The van der Waals surface area contributed by atoms with Gasteiger partial charge in [-0.15, -0.1) is 0 Å². The Labute approximate surface area is 152 Å². The van der Waals surface area contributed by atoms with E-state index in [0.29, 0.717) is 19.5 Å². The number of amides is 3. The van der Waals surface area contributed by atoms with Crippen LogP contribution in [0.4, 0.5) is 4.79 Å². The number of halogens is 1. The van der Waals surface area contributed by atoms with Gasteiger partial charge in [-0.1, -0.05) is 40.9 Å². The summed E-state index contributed by atoms with van der Waals surface area (Å²) in [5, 5.41) is 2.83. The van der Waals surface area contributed by atoms with E-state index in [0.717, 1.165) is 36.0 Å². The molecule has 0 unspecified atom stereocenters. The van der Waals surface area contributed by atoms with Gasteiger partial charge in [0.1, 0.15) is 0 Å². The Morgan fingerprint density at radius 3 is 2.38 bits per heavy atom. The highest BCUT2D eigenvalue weighted by Gasteiger charge is 2.16. The van der Waals surface area contributed by atoms with E-state index in [1.807, 2.05) is 29.2 Å². The number of nitrogens with zero attached hydrogens (tertiary/aromatic N) is 2. The standard InChI is InChI=1S/C18H26BrN3O2/c1-21(14-15-6-8-16(19)9-7-15)18(24)20-11-10-17(23)22-12-4-2-3-5-13-22/h6-9H,2-5,10-14H2,1H3,(H,20,24). The van der Waals surface area contributed by atoms with Crippen molar-refractivity contribution < 1.29 is 9.59 Å². The highest BCUT2D eigenvalue weighted by Crippen LogP contribution is 2.12. The first-order valence-corrected chi connectivity index (χ1v) is 9.37. The van der Waals surface area contributed by atoms with Crippen LogP contribution in [0.25, 0.3) is 0 Å². The lowest BCUT2D eigenvalue weighted by Crippen LogP contribution is -2.39. The largest absolute Gasteiger partial charge is 0.343 e. The molecular weight excluding hydrogens is 370 g/mol. The molecule has 132 valence electrons. The van der Waals surface area contributed by atoms with Gasteiger partial charge in [0.05, 0.1) is 0 Å². The van der Waals surface area contributed by atoms with Crippen molar-refractivity contribution in [2.24, 2.45) is 0 Å². The zero-order valence-corrected chi connectivity index (χ0v) is 15.8. The maximum Gasteiger partial charge on any atom is 0.317 e. The minimum absolute atomic E-state index is 0.146. The van der Waals surface area contributed by atoms with Crippen molar-refractivity contribution in [2.75, 3.05) is 26.7 Å². The minimum Gasteiger partial charge on any atom is -0.343 e. The number of hydrogen-bond acceptors (Lipinski definition) is 2. The molecule has 1 aliphatic rings. The van der Waals surface area contributed by atoms with Gasteiger partial charge in [0, 0.05) is 44.1 Å². The predicted molar refractivity (Wildman–Crippen MR) is 98.7 cm³/mol. The number of carbonyl (C=O) groups is 2. The summed E-state index contributed by atoms with van der Waals surface area (Å²) in [6, 6.07) is 7.73. The van der Waals surface area contributed by atoms with Crippen molar-refractivity contribution in [3.05, 3.63) is 34.3 Å². The summed E-state index contributed by atoms with van der Waals surface area (Å²) in [6.45, 7) is 2.64. The lowest BCUT2D eigenvalue weighted by atomic mass is 10.2. The fourth-order valence-corrected chi connectivity index (χ4v) is 3.09. The van der Waals surface area contributed by atoms with E-state index in [2.05, 4.69) is 21.2 Å². The second-order valence-electron chi connectivity index (χ2n) is 6.26. The van der Waals surface area contributed by atoms with E-state index in [9.17, 15) is 9.59 Å². The van der Waals surface area contributed by atoms with Gasteiger partial charge in [-0.05, 0) is 30.5 Å². The lowest BCUT2D eigenvalue weighted by molar-refractivity contribution is -0.131. The fourth-order valence-electron chi connectivity index (χ4n) is 2.83. The number of nitrogens with one attached hydrogen (secondary N) is 1. The average Bonchev–Trinajstić information content (AvgIpc) is 2.86. The maximum atomic E-state index is 12.2. The van der Waals surface area contributed by atoms with Crippen molar-refractivity contribution >= 4 is 27.9 Å². The third-order valence-electron chi connectivity index (χ3n) is 4.25. The highest BCUT2D eigenvalue weighted by atomic mass is 79.9. The Bertz CT molecular complexity index is 540. The summed E-state index contributed by atoms with van der Waals surface area (Å²) in [7, 11) is 1.76. The molecule has 1 aromatic carbocycles. The molecule has 0 spiro atoms. The SMILES string of the molecule is CN(Cc1ccc(Br)cc1)C(=O)NCCC(=O)N1CCCCCC1. The van der Waals surface area contributed by atoms with Crippen LogP contribution in [0.2, 0.25) is 0 Å². The molecule has 1 aliphatic heterocycles. The van der Waals surface area contributed by atoms with E-state index in [4.69, 9.17) is 0 Å². The molecule has 1 fully saturated rings. The van der Waals surface area contributed by atoms with Crippen molar-refractivity contribution in [1.82, 2.24) is 15.1 Å². The van der Waals surface area contributed by atoms with Crippen LogP contribution in [-0.2, 0) is 11.3 Å². The first-order valence-electron chi connectivity index (χ1n) is 8.57. The molecular formula is C18H26BrN3O2. The van der Waals surface area contributed by atoms with Crippen LogP contribution in [0.3, 0.4) is 0 Å². The van der Waals surface area contributed by atoms with Gasteiger partial charge in [0.15, 0.2) is 0 Å².